The zero-order valence-electron chi connectivity index (χ0n) is 13.0. The Morgan fingerprint density at radius 3 is 2.96 bits per heavy atom. The maximum absolute atomic E-state index is 12.3. The third kappa shape index (κ3) is 3.77. The molecule has 1 fully saturated rings. The SMILES string of the molecule is Cc1cc(C2CCCN2C(=O)NCCNc2ncccn2)on1. The lowest BCUT2D eigenvalue weighted by Crippen LogP contribution is -2.41. The van der Waals surface area contributed by atoms with Crippen molar-refractivity contribution in [3.63, 3.8) is 0 Å². The second-order valence-corrected chi connectivity index (χ2v) is 5.45. The highest BCUT2D eigenvalue weighted by Gasteiger charge is 2.32. The maximum atomic E-state index is 12.3. The first kappa shape index (κ1) is 15.3. The van der Waals surface area contributed by atoms with Crippen LogP contribution >= 0.6 is 0 Å². The van der Waals surface area contributed by atoms with Gasteiger partial charge in [0.25, 0.3) is 0 Å². The van der Waals surface area contributed by atoms with Gasteiger partial charge in [-0.2, -0.15) is 0 Å². The van der Waals surface area contributed by atoms with Crippen molar-refractivity contribution in [3.05, 3.63) is 36.0 Å². The van der Waals surface area contributed by atoms with Gasteiger partial charge in [-0.1, -0.05) is 5.16 Å². The molecule has 0 spiro atoms. The second kappa shape index (κ2) is 7.08. The molecule has 3 heterocycles. The highest BCUT2D eigenvalue weighted by Crippen LogP contribution is 2.32. The van der Waals surface area contributed by atoms with Gasteiger partial charge in [-0.15, -0.1) is 0 Å². The van der Waals surface area contributed by atoms with Crippen LogP contribution in [0.2, 0.25) is 0 Å². The van der Waals surface area contributed by atoms with E-state index in [1.54, 1.807) is 23.4 Å². The number of amides is 2. The number of nitrogens with one attached hydrogen (secondary N) is 2. The van der Waals surface area contributed by atoms with E-state index in [2.05, 4.69) is 25.8 Å². The van der Waals surface area contributed by atoms with E-state index in [0.29, 0.717) is 19.0 Å². The summed E-state index contributed by atoms with van der Waals surface area (Å²) < 4.78 is 5.31. The topological polar surface area (TPSA) is 96.2 Å². The van der Waals surface area contributed by atoms with E-state index in [1.807, 2.05) is 13.0 Å². The third-order valence-electron chi connectivity index (χ3n) is 3.74. The lowest BCUT2D eigenvalue weighted by Gasteiger charge is -2.23. The van der Waals surface area contributed by atoms with Gasteiger partial charge >= 0.3 is 6.03 Å². The van der Waals surface area contributed by atoms with Gasteiger partial charge in [0.05, 0.1) is 11.7 Å². The molecule has 0 aliphatic carbocycles. The summed E-state index contributed by atoms with van der Waals surface area (Å²) in [5.74, 6) is 1.31. The van der Waals surface area contributed by atoms with Gasteiger partial charge < -0.3 is 20.1 Å². The van der Waals surface area contributed by atoms with Gasteiger partial charge in [-0.3, -0.25) is 0 Å². The van der Waals surface area contributed by atoms with E-state index in [4.69, 9.17) is 4.52 Å². The highest BCUT2D eigenvalue weighted by atomic mass is 16.5. The van der Waals surface area contributed by atoms with E-state index in [0.717, 1.165) is 30.8 Å². The molecule has 1 aliphatic rings. The fraction of sp³-hybridized carbons (Fsp3) is 0.467. The molecule has 2 aromatic heterocycles. The number of aromatic nitrogens is 3. The van der Waals surface area contributed by atoms with Crippen LogP contribution in [0.15, 0.2) is 29.0 Å². The number of carbonyl (C=O) groups is 1. The standard InChI is InChI=1S/C15H20N6O2/c1-11-10-13(23-20-11)12-4-2-9-21(12)15(22)19-8-7-18-14-16-5-3-6-17-14/h3,5-6,10,12H,2,4,7-9H2,1H3,(H,19,22)(H,16,17,18). The summed E-state index contributed by atoms with van der Waals surface area (Å²) in [6.07, 6.45) is 5.20. The molecule has 3 rings (SSSR count). The summed E-state index contributed by atoms with van der Waals surface area (Å²) >= 11 is 0. The van der Waals surface area contributed by atoms with Crippen molar-refractivity contribution >= 4 is 12.0 Å². The molecular weight excluding hydrogens is 296 g/mol. The minimum atomic E-state index is -0.0858. The monoisotopic (exact) mass is 316 g/mol. The van der Waals surface area contributed by atoms with Crippen LogP contribution in [0.3, 0.4) is 0 Å². The van der Waals surface area contributed by atoms with Crippen LogP contribution in [-0.2, 0) is 0 Å². The Morgan fingerprint density at radius 1 is 1.39 bits per heavy atom. The van der Waals surface area contributed by atoms with Crippen LogP contribution in [0.4, 0.5) is 10.7 Å². The Hall–Kier alpha value is -2.64. The van der Waals surface area contributed by atoms with Crippen LogP contribution < -0.4 is 10.6 Å². The van der Waals surface area contributed by atoms with Gasteiger partial charge in [-0.25, -0.2) is 14.8 Å². The van der Waals surface area contributed by atoms with E-state index in [-0.39, 0.29) is 12.1 Å². The van der Waals surface area contributed by atoms with E-state index >= 15 is 0 Å². The van der Waals surface area contributed by atoms with E-state index < -0.39 is 0 Å². The van der Waals surface area contributed by atoms with Crippen LogP contribution in [0.5, 0.6) is 0 Å². The summed E-state index contributed by atoms with van der Waals surface area (Å²) in [4.78, 5) is 22.3. The van der Waals surface area contributed by atoms with E-state index in [9.17, 15) is 4.79 Å². The molecule has 0 bridgehead atoms. The number of anilines is 1. The predicted molar refractivity (Wildman–Crippen MR) is 83.8 cm³/mol. The fourth-order valence-electron chi connectivity index (χ4n) is 2.68. The fourth-order valence-corrected chi connectivity index (χ4v) is 2.68. The molecule has 2 aromatic rings. The Labute approximate surface area is 134 Å². The Kier molecular flexibility index (Phi) is 4.70. The van der Waals surface area contributed by atoms with Crippen LogP contribution in [0.25, 0.3) is 0 Å². The molecule has 1 atom stereocenters. The van der Waals surface area contributed by atoms with Crippen LogP contribution in [-0.4, -0.2) is 45.7 Å². The quantitative estimate of drug-likeness (QED) is 0.816. The van der Waals surface area contributed by atoms with Crippen molar-refractivity contribution in [1.82, 2.24) is 25.3 Å². The maximum Gasteiger partial charge on any atom is 0.318 e. The molecule has 1 unspecified atom stereocenters. The lowest BCUT2D eigenvalue weighted by atomic mass is 10.1. The normalized spacial score (nSPS) is 17.3. The molecule has 1 saturated heterocycles. The van der Waals surface area contributed by atoms with Crippen molar-refractivity contribution in [2.24, 2.45) is 0 Å². The number of hydrogen-bond donors (Lipinski definition) is 2. The summed E-state index contributed by atoms with van der Waals surface area (Å²) in [5.41, 5.74) is 0.833. The number of aryl methyl sites for hydroxylation is 1. The van der Waals surface area contributed by atoms with Crippen LogP contribution in [0, 0.1) is 6.92 Å². The van der Waals surface area contributed by atoms with Crippen LogP contribution in [0.1, 0.15) is 30.3 Å². The van der Waals surface area contributed by atoms with Crippen molar-refractivity contribution in [2.45, 2.75) is 25.8 Å². The number of carbonyl (C=O) groups excluding carboxylic acids is 1. The largest absolute Gasteiger partial charge is 0.359 e. The first-order chi connectivity index (χ1) is 11.2. The third-order valence-corrected chi connectivity index (χ3v) is 3.74. The smallest absolute Gasteiger partial charge is 0.318 e. The molecule has 8 heteroatoms. The second-order valence-electron chi connectivity index (χ2n) is 5.45. The zero-order chi connectivity index (χ0) is 16.1. The number of hydrogen-bond acceptors (Lipinski definition) is 6. The molecule has 0 aromatic carbocycles. The summed E-state index contributed by atoms with van der Waals surface area (Å²) in [7, 11) is 0. The minimum absolute atomic E-state index is 0.0263. The zero-order valence-corrected chi connectivity index (χ0v) is 13.0. The molecule has 0 saturated carbocycles. The average molecular weight is 316 g/mol. The Morgan fingerprint density at radius 2 is 2.22 bits per heavy atom. The molecule has 8 nitrogen and oxygen atoms in total. The van der Waals surface area contributed by atoms with Gasteiger partial charge in [0.2, 0.25) is 5.95 Å². The molecule has 0 radical (unpaired) electrons. The minimum Gasteiger partial charge on any atom is -0.359 e. The molecule has 122 valence electrons. The van der Waals surface area contributed by atoms with Crippen molar-refractivity contribution < 1.29 is 9.32 Å². The number of likely N-dealkylation sites (tertiary alicyclic amines) is 1. The molecule has 2 N–H and O–H groups in total. The average Bonchev–Trinajstić information content (AvgIpc) is 3.21. The van der Waals surface area contributed by atoms with Gasteiger partial charge in [0.1, 0.15) is 0 Å². The van der Waals surface area contributed by atoms with Gasteiger partial charge in [0, 0.05) is 38.1 Å². The number of nitrogens with zero attached hydrogens (tertiary/aromatic N) is 4. The molecular formula is C15H20N6O2. The predicted octanol–water partition coefficient (Wildman–Crippen LogP) is 1.73. The number of rotatable bonds is 5. The first-order valence-electron chi connectivity index (χ1n) is 7.72. The summed E-state index contributed by atoms with van der Waals surface area (Å²) in [6, 6.07) is 3.54. The highest BCUT2D eigenvalue weighted by molar-refractivity contribution is 5.75. The van der Waals surface area contributed by atoms with Crippen molar-refractivity contribution in [3.8, 4) is 0 Å². The lowest BCUT2D eigenvalue weighted by molar-refractivity contribution is 0.183. The Balaban J connectivity index is 1.47. The van der Waals surface area contributed by atoms with E-state index in [1.165, 1.54) is 0 Å². The summed E-state index contributed by atoms with van der Waals surface area (Å²) in [6.45, 7) is 3.67. The summed E-state index contributed by atoms with van der Waals surface area (Å²) in [5, 5.41) is 9.87. The molecule has 23 heavy (non-hydrogen) atoms. The number of urea groups is 1. The first-order valence-corrected chi connectivity index (χ1v) is 7.72. The van der Waals surface area contributed by atoms with Gasteiger partial charge in [-0.05, 0) is 25.8 Å². The van der Waals surface area contributed by atoms with Gasteiger partial charge in [0.15, 0.2) is 5.76 Å². The van der Waals surface area contributed by atoms with Crippen molar-refractivity contribution in [2.75, 3.05) is 25.0 Å². The molecule has 2 amide bonds. The molecule has 1 aliphatic heterocycles. The Bertz CT molecular complexity index is 644. The van der Waals surface area contributed by atoms with Crippen molar-refractivity contribution in [1.29, 1.82) is 0 Å².